The zero-order valence-corrected chi connectivity index (χ0v) is 17.9. The normalized spacial score (nSPS) is 18.6. The van der Waals surface area contributed by atoms with Gasteiger partial charge in [-0.3, -0.25) is 9.59 Å². The molecule has 0 saturated carbocycles. The van der Waals surface area contributed by atoms with Crippen LogP contribution in [0.3, 0.4) is 0 Å². The van der Waals surface area contributed by atoms with Crippen LogP contribution in [0.25, 0.3) is 0 Å². The van der Waals surface area contributed by atoms with E-state index < -0.39 is 17.6 Å². The molecule has 0 bridgehead atoms. The molecule has 8 heteroatoms. The van der Waals surface area contributed by atoms with Gasteiger partial charge in [0.15, 0.2) is 0 Å². The second kappa shape index (κ2) is 8.84. The highest BCUT2D eigenvalue weighted by atomic mass is 19.4. The van der Waals surface area contributed by atoms with Crippen LogP contribution < -0.4 is 10.2 Å². The Labute approximate surface area is 185 Å². The predicted octanol–water partition coefficient (Wildman–Crippen LogP) is 4.82. The largest absolute Gasteiger partial charge is 0.416 e. The number of benzene rings is 2. The van der Waals surface area contributed by atoms with Crippen molar-refractivity contribution in [1.29, 1.82) is 0 Å². The number of hydrogen-bond acceptors (Lipinski definition) is 3. The Balaban J connectivity index is 1.57. The smallest absolute Gasteiger partial charge is 0.351 e. The summed E-state index contributed by atoms with van der Waals surface area (Å²) in [6.45, 7) is 3.19. The Kier molecular flexibility index (Phi) is 6.13. The molecule has 1 atom stereocenters. The molecule has 1 N–H and O–H groups in total. The Morgan fingerprint density at radius 2 is 1.91 bits per heavy atom. The molecule has 1 fully saturated rings. The molecule has 2 aliphatic heterocycles. The van der Waals surface area contributed by atoms with Crippen LogP contribution in [0.2, 0.25) is 0 Å². The number of nitrogens with one attached hydrogen (secondary N) is 1. The first-order valence-electron chi connectivity index (χ1n) is 11.0. The van der Waals surface area contributed by atoms with E-state index in [0.717, 1.165) is 38.3 Å². The molecule has 2 aliphatic rings. The number of hydrogen-bond donors (Lipinski definition) is 1. The van der Waals surface area contributed by atoms with Crippen LogP contribution in [-0.2, 0) is 12.7 Å². The number of rotatable bonds is 4. The summed E-state index contributed by atoms with van der Waals surface area (Å²) >= 11 is 0. The monoisotopic (exact) mass is 445 g/mol. The summed E-state index contributed by atoms with van der Waals surface area (Å²) in [7, 11) is 0. The fourth-order valence-electron chi connectivity index (χ4n) is 4.67. The van der Waals surface area contributed by atoms with E-state index in [9.17, 15) is 22.8 Å². The number of carbonyl (C=O) groups excluding carboxylic acids is 2. The van der Waals surface area contributed by atoms with Gasteiger partial charge < -0.3 is 15.1 Å². The van der Waals surface area contributed by atoms with Gasteiger partial charge in [-0.2, -0.15) is 13.2 Å². The van der Waals surface area contributed by atoms with E-state index in [1.165, 1.54) is 18.2 Å². The maximum atomic E-state index is 13.2. The Hall–Kier alpha value is -3.03. The number of alkyl halides is 3. The van der Waals surface area contributed by atoms with Gasteiger partial charge in [0.1, 0.15) is 6.17 Å². The number of carbonyl (C=O) groups is 2. The summed E-state index contributed by atoms with van der Waals surface area (Å²) in [6.07, 6.45) is -0.530. The molecular weight excluding hydrogens is 419 g/mol. The second-order valence-electron chi connectivity index (χ2n) is 8.18. The average Bonchev–Trinajstić information content (AvgIpc) is 3.03. The van der Waals surface area contributed by atoms with Crippen molar-refractivity contribution in [3.63, 3.8) is 0 Å². The zero-order valence-electron chi connectivity index (χ0n) is 17.9. The van der Waals surface area contributed by atoms with Gasteiger partial charge in [-0.05, 0) is 56.0 Å². The molecule has 2 aromatic carbocycles. The summed E-state index contributed by atoms with van der Waals surface area (Å²) in [6, 6.07) is 10.1. The predicted molar refractivity (Wildman–Crippen MR) is 115 cm³/mol. The number of fused-ring (bicyclic) bond motifs is 2. The number of anilines is 1. The van der Waals surface area contributed by atoms with Crippen molar-refractivity contribution >= 4 is 17.5 Å². The molecule has 4 rings (SSSR count). The summed E-state index contributed by atoms with van der Waals surface area (Å²) in [4.78, 5) is 29.9. The quantitative estimate of drug-likeness (QED) is 0.734. The average molecular weight is 445 g/mol. The zero-order chi connectivity index (χ0) is 22.9. The first kappa shape index (κ1) is 22.2. The number of nitrogens with zero attached hydrogens (tertiary/aromatic N) is 2. The van der Waals surface area contributed by atoms with Gasteiger partial charge in [0.2, 0.25) is 0 Å². The van der Waals surface area contributed by atoms with Crippen LogP contribution in [-0.4, -0.2) is 36.0 Å². The van der Waals surface area contributed by atoms with Crippen molar-refractivity contribution in [3.05, 3.63) is 64.7 Å². The van der Waals surface area contributed by atoms with Crippen molar-refractivity contribution in [3.8, 4) is 0 Å². The van der Waals surface area contributed by atoms with Gasteiger partial charge in [-0.15, -0.1) is 0 Å². The van der Waals surface area contributed by atoms with Gasteiger partial charge in [0.25, 0.3) is 11.8 Å². The third-order valence-electron chi connectivity index (χ3n) is 6.24. The Morgan fingerprint density at radius 1 is 1.12 bits per heavy atom. The lowest BCUT2D eigenvalue weighted by molar-refractivity contribution is -0.138. The highest BCUT2D eigenvalue weighted by Gasteiger charge is 2.37. The van der Waals surface area contributed by atoms with E-state index in [1.807, 2.05) is 11.8 Å². The molecule has 32 heavy (non-hydrogen) atoms. The van der Waals surface area contributed by atoms with Gasteiger partial charge in [-0.25, -0.2) is 0 Å². The molecule has 0 aromatic heterocycles. The standard InChI is InChI=1S/C24H26F3N3O2/c1-2-29-20-14-16(11-12-18(20)23(32)30-13-7-3-4-10-21(29)30)22(31)28-15-17-8-5-6-9-19(17)24(25,26)27/h5-6,8-9,11-12,14,21H,2-4,7,10,13,15H2,1H3,(H,28,31). The maximum Gasteiger partial charge on any atom is 0.416 e. The van der Waals surface area contributed by atoms with Crippen molar-refractivity contribution in [2.24, 2.45) is 0 Å². The van der Waals surface area contributed by atoms with E-state index in [0.29, 0.717) is 23.4 Å². The lowest BCUT2D eigenvalue weighted by atomic mass is 10.0. The van der Waals surface area contributed by atoms with Crippen molar-refractivity contribution < 1.29 is 22.8 Å². The lowest BCUT2D eigenvalue weighted by Gasteiger charge is -2.44. The van der Waals surface area contributed by atoms with Gasteiger partial charge in [0.05, 0.1) is 16.8 Å². The van der Waals surface area contributed by atoms with Crippen LogP contribution in [0.4, 0.5) is 18.9 Å². The van der Waals surface area contributed by atoms with Gasteiger partial charge >= 0.3 is 6.18 Å². The van der Waals surface area contributed by atoms with Crippen molar-refractivity contribution in [2.75, 3.05) is 18.0 Å². The van der Waals surface area contributed by atoms with Crippen LogP contribution in [0.1, 0.15) is 64.4 Å². The van der Waals surface area contributed by atoms with Gasteiger partial charge in [0, 0.05) is 25.2 Å². The molecule has 0 spiro atoms. The summed E-state index contributed by atoms with van der Waals surface area (Å²) in [5.74, 6) is -0.501. The van der Waals surface area contributed by atoms with Crippen LogP contribution in [0, 0.1) is 0 Å². The third-order valence-corrected chi connectivity index (χ3v) is 6.24. The van der Waals surface area contributed by atoms with Crippen molar-refractivity contribution in [2.45, 2.75) is 51.5 Å². The van der Waals surface area contributed by atoms with E-state index in [2.05, 4.69) is 10.2 Å². The molecule has 170 valence electrons. The molecule has 1 saturated heterocycles. The topological polar surface area (TPSA) is 52.7 Å². The molecular formula is C24H26F3N3O2. The molecule has 5 nitrogen and oxygen atoms in total. The minimum atomic E-state index is -4.49. The minimum Gasteiger partial charge on any atom is -0.351 e. The second-order valence-corrected chi connectivity index (χ2v) is 8.18. The van der Waals surface area contributed by atoms with E-state index in [-0.39, 0.29) is 24.2 Å². The maximum absolute atomic E-state index is 13.2. The third kappa shape index (κ3) is 4.18. The van der Waals surface area contributed by atoms with E-state index in [1.54, 1.807) is 18.2 Å². The molecule has 0 radical (unpaired) electrons. The number of halogens is 3. The summed E-state index contributed by atoms with van der Waals surface area (Å²) < 4.78 is 39.6. The van der Waals surface area contributed by atoms with Gasteiger partial charge in [-0.1, -0.05) is 24.6 Å². The van der Waals surface area contributed by atoms with Crippen LogP contribution >= 0.6 is 0 Å². The molecule has 0 aliphatic carbocycles. The van der Waals surface area contributed by atoms with Crippen LogP contribution in [0.5, 0.6) is 0 Å². The first-order valence-corrected chi connectivity index (χ1v) is 11.0. The Bertz CT molecular complexity index is 1020. The molecule has 1 unspecified atom stereocenters. The SMILES string of the molecule is CCN1c2cc(C(=O)NCc3ccccc3C(F)(F)F)ccc2C(=O)N2CCCCCC21. The minimum absolute atomic E-state index is 0.00534. The highest BCUT2D eigenvalue weighted by Crippen LogP contribution is 2.35. The van der Waals surface area contributed by atoms with E-state index >= 15 is 0 Å². The van der Waals surface area contributed by atoms with Crippen molar-refractivity contribution in [1.82, 2.24) is 10.2 Å². The molecule has 2 aromatic rings. The Morgan fingerprint density at radius 3 is 2.66 bits per heavy atom. The first-order chi connectivity index (χ1) is 15.3. The molecule has 2 heterocycles. The lowest BCUT2D eigenvalue weighted by Crippen LogP contribution is -2.55. The highest BCUT2D eigenvalue weighted by molar-refractivity contribution is 6.04. The fraction of sp³-hybridized carbons (Fsp3) is 0.417. The molecule has 2 amide bonds. The summed E-state index contributed by atoms with van der Waals surface area (Å²) in [5, 5.41) is 2.59. The van der Waals surface area contributed by atoms with E-state index in [4.69, 9.17) is 0 Å². The van der Waals surface area contributed by atoms with Crippen LogP contribution in [0.15, 0.2) is 42.5 Å². The summed E-state index contributed by atoms with van der Waals surface area (Å²) in [5.41, 5.74) is 0.835. The number of amides is 2. The fourth-order valence-corrected chi connectivity index (χ4v) is 4.67.